The second-order valence-corrected chi connectivity index (χ2v) is 13.5. The van der Waals surface area contributed by atoms with Crippen LogP contribution in [-0.2, 0) is 0 Å². The number of hydrogen-bond acceptors (Lipinski definition) is 3. The van der Waals surface area contributed by atoms with E-state index in [4.69, 9.17) is 9.97 Å². The van der Waals surface area contributed by atoms with E-state index in [2.05, 4.69) is 196 Å². The highest BCUT2D eigenvalue weighted by molar-refractivity contribution is 6.22. The number of benzene rings is 8. The third-order valence-electron chi connectivity index (χ3n) is 10.5. The molecule has 53 heavy (non-hydrogen) atoms. The first-order valence-electron chi connectivity index (χ1n) is 17.9. The van der Waals surface area contributed by atoms with Gasteiger partial charge in [0.15, 0.2) is 0 Å². The molecule has 0 aliphatic rings. The van der Waals surface area contributed by atoms with Gasteiger partial charge in [-0.3, -0.25) is 8.97 Å². The number of anilines is 3. The maximum atomic E-state index is 5.41. The molecule has 3 heterocycles. The zero-order chi connectivity index (χ0) is 34.9. The Morgan fingerprint density at radius 3 is 1.66 bits per heavy atom. The van der Waals surface area contributed by atoms with Crippen molar-refractivity contribution in [3.63, 3.8) is 0 Å². The van der Waals surface area contributed by atoms with Gasteiger partial charge in [0.05, 0.1) is 27.6 Å². The molecule has 0 unspecified atom stereocenters. The van der Waals surface area contributed by atoms with Gasteiger partial charge < -0.3 is 4.90 Å². The molecule has 0 spiro atoms. The first kappa shape index (κ1) is 29.5. The second-order valence-electron chi connectivity index (χ2n) is 13.5. The maximum Gasteiger partial charge on any atom is 0.221 e. The quantitative estimate of drug-likeness (QED) is 0.182. The van der Waals surface area contributed by atoms with Crippen LogP contribution in [0.3, 0.4) is 0 Å². The van der Waals surface area contributed by atoms with Gasteiger partial charge in [0.1, 0.15) is 5.65 Å². The highest BCUT2D eigenvalue weighted by Gasteiger charge is 2.22. The lowest BCUT2D eigenvalue weighted by molar-refractivity contribution is 0.982. The number of para-hydroxylation sites is 6. The van der Waals surface area contributed by atoms with Crippen molar-refractivity contribution in [3.8, 4) is 17.1 Å². The Balaban J connectivity index is 1.17. The molecule has 0 saturated heterocycles. The summed E-state index contributed by atoms with van der Waals surface area (Å²) in [6, 6.07) is 66.6. The molecular formula is C48H31N5. The minimum Gasteiger partial charge on any atom is -0.311 e. The molecule has 0 aliphatic heterocycles. The molecule has 0 atom stereocenters. The van der Waals surface area contributed by atoms with Crippen molar-refractivity contribution in [1.29, 1.82) is 0 Å². The lowest BCUT2D eigenvalue weighted by Gasteiger charge is -2.25. The van der Waals surface area contributed by atoms with E-state index in [1.165, 1.54) is 27.1 Å². The van der Waals surface area contributed by atoms with Crippen molar-refractivity contribution in [2.45, 2.75) is 0 Å². The van der Waals surface area contributed by atoms with Crippen molar-refractivity contribution < 1.29 is 0 Å². The molecule has 0 bridgehead atoms. The fourth-order valence-electron chi connectivity index (χ4n) is 8.14. The van der Waals surface area contributed by atoms with Crippen LogP contribution in [0, 0.1) is 0 Å². The average Bonchev–Trinajstić information content (AvgIpc) is 3.79. The average molecular weight is 678 g/mol. The molecule has 0 N–H and O–H groups in total. The Bertz CT molecular complexity index is 3120. The molecule has 248 valence electrons. The molecule has 5 heteroatoms. The van der Waals surface area contributed by atoms with E-state index in [0.717, 1.165) is 67.2 Å². The van der Waals surface area contributed by atoms with Crippen molar-refractivity contribution >= 4 is 77.2 Å². The van der Waals surface area contributed by atoms with Crippen LogP contribution in [-0.4, -0.2) is 18.9 Å². The van der Waals surface area contributed by atoms with E-state index < -0.39 is 0 Å². The van der Waals surface area contributed by atoms with Gasteiger partial charge in [-0.25, -0.2) is 9.97 Å². The summed E-state index contributed by atoms with van der Waals surface area (Å²) in [5, 5.41) is 5.75. The summed E-state index contributed by atoms with van der Waals surface area (Å²) < 4.78 is 4.58. The smallest absolute Gasteiger partial charge is 0.221 e. The van der Waals surface area contributed by atoms with Gasteiger partial charge in [-0.2, -0.15) is 0 Å². The van der Waals surface area contributed by atoms with Crippen LogP contribution in [0.25, 0.3) is 77.2 Å². The molecule has 11 aromatic rings. The summed E-state index contributed by atoms with van der Waals surface area (Å²) in [5.41, 5.74) is 11.7. The molecule has 0 amide bonds. The van der Waals surface area contributed by atoms with Crippen LogP contribution in [0.4, 0.5) is 17.1 Å². The predicted molar refractivity (Wildman–Crippen MR) is 220 cm³/mol. The van der Waals surface area contributed by atoms with Gasteiger partial charge >= 0.3 is 0 Å². The third kappa shape index (κ3) is 4.51. The highest BCUT2D eigenvalue weighted by atomic mass is 15.2. The van der Waals surface area contributed by atoms with Gasteiger partial charge in [0.2, 0.25) is 5.95 Å². The zero-order valence-electron chi connectivity index (χ0n) is 28.6. The van der Waals surface area contributed by atoms with Crippen LogP contribution >= 0.6 is 0 Å². The van der Waals surface area contributed by atoms with E-state index in [1.54, 1.807) is 0 Å². The lowest BCUT2D eigenvalue weighted by atomic mass is 9.95. The number of aromatic nitrogens is 4. The first-order chi connectivity index (χ1) is 26.3. The van der Waals surface area contributed by atoms with Gasteiger partial charge in [-0.15, -0.1) is 0 Å². The van der Waals surface area contributed by atoms with E-state index in [1.807, 2.05) is 6.07 Å². The number of fused-ring (bicyclic) bond motifs is 10. The summed E-state index contributed by atoms with van der Waals surface area (Å²) in [4.78, 5) is 12.9. The molecular weight excluding hydrogens is 647 g/mol. The topological polar surface area (TPSA) is 38.4 Å². The Kier molecular flexibility index (Phi) is 6.48. The zero-order valence-corrected chi connectivity index (χ0v) is 28.6. The monoisotopic (exact) mass is 677 g/mol. The van der Waals surface area contributed by atoms with Crippen LogP contribution in [0.2, 0.25) is 0 Å². The molecule has 0 radical (unpaired) electrons. The van der Waals surface area contributed by atoms with Gasteiger partial charge in [-0.05, 0) is 89.3 Å². The third-order valence-corrected chi connectivity index (χ3v) is 10.5. The Morgan fingerprint density at radius 2 is 0.943 bits per heavy atom. The standard InChI is InChI=1S/C48H31N5/c1-3-15-33(16-4-1)51(34-17-5-2-6-18-34)35-29-27-32(28-30-35)40-31-41-37-20-10-13-25-44(37)52(46(41)38-21-8-7-19-36(38)40)48-50-42-23-11-9-22-39(42)47-49-43-24-12-14-26-45(43)53(47)48/h1-31H. The molecule has 3 aromatic heterocycles. The second kappa shape index (κ2) is 11.7. The minimum atomic E-state index is 0.822. The summed E-state index contributed by atoms with van der Waals surface area (Å²) in [5.74, 6) is 0.822. The van der Waals surface area contributed by atoms with Crippen molar-refractivity contribution in [2.24, 2.45) is 0 Å². The maximum absolute atomic E-state index is 5.41. The molecule has 8 aromatic carbocycles. The van der Waals surface area contributed by atoms with Crippen molar-refractivity contribution in [2.75, 3.05) is 4.90 Å². The van der Waals surface area contributed by atoms with Gasteiger partial charge in [-0.1, -0.05) is 115 Å². The van der Waals surface area contributed by atoms with Crippen LogP contribution in [0.1, 0.15) is 0 Å². The SMILES string of the molecule is c1ccc(N(c2ccccc2)c2ccc(-c3cc4c5ccccc5n(-c5nc6ccccc6c6nc7ccccc7n56)c4c4ccccc34)cc2)cc1. The molecule has 11 rings (SSSR count). The van der Waals surface area contributed by atoms with Crippen LogP contribution < -0.4 is 4.90 Å². The van der Waals surface area contributed by atoms with E-state index in [9.17, 15) is 0 Å². The Morgan fingerprint density at radius 1 is 0.396 bits per heavy atom. The first-order valence-corrected chi connectivity index (χ1v) is 17.9. The van der Waals surface area contributed by atoms with Crippen LogP contribution in [0.15, 0.2) is 188 Å². The van der Waals surface area contributed by atoms with Gasteiger partial charge in [0.25, 0.3) is 0 Å². The Labute approximate surface area is 305 Å². The fraction of sp³-hybridized carbons (Fsp3) is 0. The summed E-state index contributed by atoms with van der Waals surface area (Å²) >= 11 is 0. The van der Waals surface area contributed by atoms with Gasteiger partial charge in [0, 0.05) is 38.6 Å². The number of nitrogens with zero attached hydrogens (tertiary/aromatic N) is 5. The van der Waals surface area contributed by atoms with E-state index >= 15 is 0 Å². The van der Waals surface area contributed by atoms with Crippen molar-refractivity contribution in [1.82, 2.24) is 18.9 Å². The normalized spacial score (nSPS) is 11.8. The molecule has 0 saturated carbocycles. The highest BCUT2D eigenvalue weighted by Crippen LogP contribution is 2.43. The molecule has 0 aliphatic carbocycles. The van der Waals surface area contributed by atoms with E-state index in [0.29, 0.717) is 0 Å². The fourth-order valence-corrected chi connectivity index (χ4v) is 8.14. The number of hydrogen-bond donors (Lipinski definition) is 0. The molecule has 5 nitrogen and oxygen atoms in total. The number of imidazole rings is 1. The largest absolute Gasteiger partial charge is 0.311 e. The summed E-state index contributed by atoms with van der Waals surface area (Å²) in [6.45, 7) is 0. The summed E-state index contributed by atoms with van der Waals surface area (Å²) in [7, 11) is 0. The lowest BCUT2D eigenvalue weighted by Crippen LogP contribution is -2.09. The van der Waals surface area contributed by atoms with Crippen molar-refractivity contribution in [3.05, 3.63) is 188 Å². The summed E-state index contributed by atoms with van der Waals surface area (Å²) in [6.07, 6.45) is 0. The minimum absolute atomic E-state index is 0.822. The molecule has 0 fully saturated rings. The predicted octanol–water partition coefficient (Wildman–Crippen LogP) is 12.4. The van der Waals surface area contributed by atoms with Crippen LogP contribution in [0.5, 0.6) is 0 Å². The van der Waals surface area contributed by atoms with E-state index in [-0.39, 0.29) is 0 Å². The Hall–Kier alpha value is -7.24. The number of rotatable bonds is 5.